The average molecular weight is 183 g/mol. The molecule has 13 heavy (non-hydrogen) atoms. The lowest BCUT2D eigenvalue weighted by molar-refractivity contribution is 0.265. The van der Waals surface area contributed by atoms with Gasteiger partial charge in [-0.05, 0) is 31.6 Å². The highest BCUT2D eigenvalue weighted by molar-refractivity contribution is 4.86. The average Bonchev–Trinajstić information content (AvgIpc) is 2.90. The quantitative estimate of drug-likeness (QED) is 0.667. The summed E-state index contributed by atoms with van der Waals surface area (Å²) in [6.07, 6.45) is 5.46. The zero-order valence-corrected chi connectivity index (χ0v) is 9.64. The van der Waals surface area contributed by atoms with Crippen molar-refractivity contribution >= 4 is 0 Å². The Kier molecular flexibility index (Phi) is 4.24. The number of hydrogen-bond acceptors (Lipinski definition) is 1. The topological polar surface area (TPSA) is 12.0 Å². The van der Waals surface area contributed by atoms with E-state index < -0.39 is 0 Å². The third kappa shape index (κ3) is 3.30. The molecule has 1 N–H and O–H groups in total. The maximum absolute atomic E-state index is 3.70. The van der Waals surface area contributed by atoms with Gasteiger partial charge in [0.1, 0.15) is 0 Å². The van der Waals surface area contributed by atoms with Crippen molar-refractivity contribution in [3.63, 3.8) is 0 Å². The molecule has 1 aliphatic carbocycles. The van der Waals surface area contributed by atoms with Crippen LogP contribution in [0, 0.1) is 11.8 Å². The summed E-state index contributed by atoms with van der Waals surface area (Å²) in [6.45, 7) is 9.38. The monoisotopic (exact) mass is 183 g/mol. The summed E-state index contributed by atoms with van der Waals surface area (Å²) in [6, 6.07) is 1.56. The maximum Gasteiger partial charge on any atom is 0.00708 e. The maximum atomic E-state index is 3.70. The van der Waals surface area contributed by atoms with Crippen LogP contribution in [-0.2, 0) is 0 Å². The highest BCUT2D eigenvalue weighted by Crippen LogP contribution is 2.26. The van der Waals surface area contributed by atoms with Crippen LogP contribution < -0.4 is 5.32 Å². The number of rotatable bonds is 6. The van der Waals surface area contributed by atoms with Gasteiger partial charge in [-0.15, -0.1) is 0 Å². The van der Waals surface area contributed by atoms with Crippen molar-refractivity contribution in [3.05, 3.63) is 0 Å². The first-order valence-corrected chi connectivity index (χ1v) is 5.95. The van der Waals surface area contributed by atoms with Gasteiger partial charge in [0.25, 0.3) is 0 Å². The Balaban J connectivity index is 2.29. The molecule has 1 nitrogen and oxygen atoms in total. The van der Waals surface area contributed by atoms with Crippen LogP contribution in [-0.4, -0.2) is 12.1 Å². The molecule has 0 aromatic rings. The van der Waals surface area contributed by atoms with Crippen molar-refractivity contribution in [2.75, 3.05) is 0 Å². The molecule has 0 aromatic carbocycles. The van der Waals surface area contributed by atoms with E-state index in [0.29, 0.717) is 6.04 Å². The number of hydrogen-bond donors (Lipinski definition) is 1. The van der Waals surface area contributed by atoms with E-state index in [1.165, 1.54) is 25.7 Å². The van der Waals surface area contributed by atoms with E-state index in [0.717, 1.165) is 17.9 Å². The Labute approximate surface area is 83.3 Å². The predicted octanol–water partition coefficient (Wildman–Crippen LogP) is 3.20. The van der Waals surface area contributed by atoms with E-state index in [9.17, 15) is 0 Å². The van der Waals surface area contributed by atoms with Crippen LogP contribution in [0.25, 0.3) is 0 Å². The fourth-order valence-electron chi connectivity index (χ4n) is 2.21. The summed E-state index contributed by atoms with van der Waals surface area (Å²) in [5.74, 6) is 1.73. The van der Waals surface area contributed by atoms with Crippen molar-refractivity contribution in [2.24, 2.45) is 11.8 Å². The molecule has 1 heteroatoms. The molecule has 1 aliphatic rings. The van der Waals surface area contributed by atoms with Crippen LogP contribution in [0.3, 0.4) is 0 Å². The van der Waals surface area contributed by atoms with Gasteiger partial charge in [0.15, 0.2) is 0 Å². The highest BCUT2D eigenvalue weighted by Gasteiger charge is 2.27. The minimum atomic E-state index is 0.706. The van der Waals surface area contributed by atoms with Gasteiger partial charge >= 0.3 is 0 Å². The Morgan fingerprint density at radius 1 is 1.15 bits per heavy atom. The molecule has 1 rings (SSSR count). The smallest absolute Gasteiger partial charge is 0.00708 e. The second-order valence-electron chi connectivity index (χ2n) is 4.67. The third-order valence-corrected chi connectivity index (χ3v) is 3.66. The molecule has 78 valence electrons. The second-order valence-corrected chi connectivity index (χ2v) is 4.67. The van der Waals surface area contributed by atoms with Gasteiger partial charge in [0, 0.05) is 12.1 Å². The van der Waals surface area contributed by atoms with Crippen LogP contribution in [0.5, 0.6) is 0 Å². The summed E-state index contributed by atoms with van der Waals surface area (Å²) >= 11 is 0. The molecule has 0 spiro atoms. The molecule has 0 amide bonds. The lowest BCUT2D eigenvalue weighted by Gasteiger charge is -2.28. The molecule has 2 unspecified atom stereocenters. The van der Waals surface area contributed by atoms with Crippen LogP contribution in [0.2, 0.25) is 0 Å². The van der Waals surface area contributed by atoms with Crippen molar-refractivity contribution in [1.82, 2.24) is 5.32 Å². The fraction of sp³-hybridized carbons (Fsp3) is 1.00. The molecule has 2 atom stereocenters. The van der Waals surface area contributed by atoms with Crippen molar-refractivity contribution in [1.29, 1.82) is 0 Å². The second kappa shape index (κ2) is 4.99. The van der Waals surface area contributed by atoms with Gasteiger partial charge in [-0.3, -0.25) is 0 Å². The van der Waals surface area contributed by atoms with E-state index in [-0.39, 0.29) is 0 Å². The van der Waals surface area contributed by atoms with Crippen LogP contribution in [0.15, 0.2) is 0 Å². The first-order chi connectivity index (χ1) is 6.19. The normalized spacial score (nSPS) is 21.9. The molecule has 0 saturated heterocycles. The van der Waals surface area contributed by atoms with Gasteiger partial charge in [0.2, 0.25) is 0 Å². The minimum absolute atomic E-state index is 0.706. The Hall–Kier alpha value is -0.0400. The minimum Gasteiger partial charge on any atom is -0.311 e. The summed E-state index contributed by atoms with van der Waals surface area (Å²) in [5.41, 5.74) is 0. The zero-order chi connectivity index (χ0) is 9.84. The molecule has 0 aromatic heterocycles. The highest BCUT2D eigenvalue weighted by atomic mass is 15.0. The molecule has 1 fully saturated rings. The lowest BCUT2D eigenvalue weighted by Crippen LogP contribution is -2.37. The van der Waals surface area contributed by atoms with Crippen LogP contribution >= 0.6 is 0 Å². The molecule has 0 radical (unpaired) electrons. The van der Waals surface area contributed by atoms with E-state index >= 15 is 0 Å². The Morgan fingerprint density at radius 3 is 2.08 bits per heavy atom. The summed E-state index contributed by atoms with van der Waals surface area (Å²) in [4.78, 5) is 0. The molecule has 0 heterocycles. The van der Waals surface area contributed by atoms with Gasteiger partial charge < -0.3 is 5.32 Å². The SMILES string of the molecule is CCC(CC)C(C)C(C)NC1CC1. The van der Waals surface area contributed by atoms with E-state index in [1.807, 2.05) is 0 Å². The standard InChI is InChI=1S/C12H25N/c1-5-11(6-2)9(3)10(4)13-12-7-8-12/h9-13H,5-8H2,1-4H3. The molecular weight excluding hydrogens is 158 g/mol. The first-order valence-electron chi connectivity index (χ1n) is 5.95. The Bertz CT molecular complexity index is 136. The van der Waals surface area contributed by atoms with Crippen molar-refractivity contribution in [2.45, 2.75) is 65.5 Å². The van der Waals surface area contributed by atoms with Crippen LogP contribution in [0.4, 0.5) is 0 Å². The largest absolute Gasteiger partial charge is 0.311 e. The van der Waals surface area contributed by atoms with E-state index in [2.05, 4.69) is 33.0 Å². The molecule has 0 bridgehead atoms. The first kappa shape index (κ1) is 11.0. The Morgan fingerprint density at radius 2 is 1.69 bits per heavy atom. The van der Waals surface area contributed by atoms with Crippen molar-refractivity contribution < 1.29 is 0 Å². The van der Waals surface area contributed by atoms with Crippen molar-refractivity contribution in [3.8, 4) is 0 Å². The van der Waals surface area contributed by atoms with E-state index in [4.69, 9.17) is 0 Å². The van der Waals surface area contributed by atoms with E-state index in [1.54, 1.807) is 0 Å². The number of nitrogens with one attached hydrogen (secondary N) is 1. The molecular formula is C12H25N. The van der Waals surface area contributed by atoms with Crippen LogP contribution in [0.1, 0.15) is 53.4 Å². The molecule has 0 aliphatic heterocycles. The fourth-order valence-corrected chi connectivity index (χ4v) is 2.21. The summed E-state index contributed by atoms with van der Waals surface area (Å²) in [7, 11) is 0. The summed E-state index contributed by atoms with van der Waals surface area (Å²) in [5, 5.41) is 3.70. The van der Waals surface area contributed by atoms with Gasteiger partial charge in [-0.25, -0.2) is 0 Å². The lowest BCUT2D eigenvalue weighted by atomic mass is 9.84. The van der Waals surface area contributed by atoms with Gasteiger partial charge in [0.05, 0.1) is 0 Å². The summed E-state index contributed by atoms with van der Waals surface area (Å²) < 4.78 is 0. The zero-order valence-electron chi connectivity index (χ0n) is 9.64. The van der Waals surface area contributed by atoms with Gasteiger partial charge in [-0.1, -0.05) is 33.6 Å². The predicted molar refractivity (Wildman–Crippen MR) is 58.9 cm³/mol. The van der Waals surface area contributed by atoms with Gasteiger partial charge in [-0.2, -0.15) is 0 Å². The molecule has 1 saturated carbocycles. The third-order valence-electron chi connectivity index (χ3n) is 3.66.